The summed E-state index contributed by atoms with van der Waals surface area (Å²) in [5.74, 6) is 1.26. The molecule has 2 aromatic carbocycles. The van der Waals surface area contributed by atoms with Crippen molar-refractivity contribution >= 4 is 11.9 Å². The number of aliphatic hydroxyl groups excluding tert-OH is 2. The highest BCUT2D eigenvalue weighted by atomic mass is 16.5. The van der Waals surface area contributed by atoms with Gasteiger partial charge in [0.05, 0.1) is 36.8 Å². The number of aliphatic imine (C=N–C) groups is 1. The van der Waals surface area contributed by atoms with E-state index in [1.165, 1.54) is 5.56 Å². The van der Waals surface area contributed by atoms with Gasteiger partial charge in [-0.2, -0.15) is 0 Å². The molecule has 8 heteroatoms. The van der Waals surface area contributed by atoms with Gasteiger partial charge in [-0.3, -0.25) is 15.0 Å². The van der Waals surface area contributed by atoms with Crippen LogP contribution in [0.3, 0.4) is 0 Å². The number of fused-ring (bicyclic) bond motifs is 5. The molecule has 38 heavy (non-hydrogen) atoms. The van der Waals surface area contributed by atoms with E-state index < -0.39 is 17.9 Å². The Hall–Kier alpha value is -2.94. The molecule has 5 aliphatic rings. The molecule has 1 amide bonds. The Morgan fingerprint density at radius 3 is 2.74 bits per heavy atom. The van der Waals surface area contributed by atoms with Gasteiger partial charge in [0.2, 0.25) is 5.91 Å². The topological polar surface area (TPSA) is 120 Å². The average Bonchev–Trinajstić information content (AvgIpc) is 3.21. The minimum absolute atomic E-state index is 0.00949. The van der Waals surface area contributed by atoms with Gasteiger partial charge in [-0.1, -0.05) is 44.5 Å². The number of carbonyl (C=O) groups is 1. The fourth-order valence-electron chi connectivity index (χ4n) is 6.84. The van der Waals surface area contributed by atoms with Gasteiger partial charge < -0.3 is 20.7 Å². The van der Waals surface area contributed by atoms with Crippen molar-refractivity contribution in [3.05, 3.63) is 64.2 Å². The standard InChI is InChI=1S/C30H38N4O4/c1-3-30-11-4-5-17(2)18-6-7-19-15-24(35)27(21(19)13-18)32-28(37)20-8-9-25-22(14-20)23(10-12-38-25)34(26(36)16-30)29(31)33-30/h6-9,13-14,17,23-24,27-28,32,35,37H,3-5,10-12,15-16H2,1-2H3,(H2,31,33). The first-order valence-corrected chi connectivity index (χ1v) is 14.0. The van der Waals surface area contributed by atoms with Gasteiger partial charge >= 0.3 is 0 Å². The van der Waals surface area contributed by atoms with Gasteiger partial charge in [-0.25, -0.2) is 4.99 Å². The Morgan fingerprint density at radius 2 is 1.95 bits per heavy atom. The highest BCUT2D eigenvalue weighted by Crippen LogP contribution is 2.42. The molecular weight excluding hydrogens is 480 g/mol. The number of hydrogen-bond donors (Lipinski definition) is 4. The van der Waals surface area contributed by atoms with Crippen molar-refractivity contribution in [3.63, 3.8) is 0 Å². The normalized spacial score (nSPS) is 32.8. The van der Waals surface area contributed by atoms with E-state index in [-0.39, 0.29) is 24.0 Å². The Morgan fingerprint density at radius 1 is 1.16 bits per heavy atom. The maximum absolute atomic E-state index is 13.6. The highest BCUT2D eigenvalue weighted by Gasteiger charge is 2.43. The summed E-state index contributed by atoms with van der Waals surface area (Å²) in [6, 6.07) is 11.3. The second-order valence-electron chi connectivity index (χ2n) is 11.5. The van der Waals surface area contributed by atoms with Crippen LogP contribution >= 0.6 is 0 Å². The molecule has 0 aromatic heterocycles. The predicted octanol–water partition coefficient (Wildman–Crippen LogP) is 3.73. The number of guanidine groups is 1. The Bertz CT molecular complexity index is 1280. The number of nitrogens with one attached hydrogen (secondary N) is 1. The summed E-state index contributed by atoms with van der Waals surface area (Å²) in [6.07, 6.45) is 3.32. The number of nitrogens with two attached hydrogens (primary N) is 1. The lowest BCUT2D eigenvalue weighted by Gasteiger charge is -2.42. The number of carbonyl (C=O) groups excluding carboxylic acids is 1. The van der Waals surface area contributed by atoms with Crippen molar-refractivity contribution in [3.8, 4) is 5.75 Å². The van der Waals surface area contributed by atoms with E-state index in [0.717, 1.165) is 42.4 Å². The number of hydrogen-bond acceptors (Lipinski definition) is 7. The van der Waals surface area contributed by atoms with Crippen molar-refractivity contribution < 1.29 is 19.7 Å². The molecule has 5 N–H and O–H groups in total. The zero-order valence-corrected chi connectivity index (χ0v) is 22.2. The summed E-state index contributed by atoms with van der Waals surface area (Å²) in [5.41, 5.74) is 10.9. The largest absolute Gasteiger partial charge is 0.493 e. The molecule has 6 bridgehead atoms. The van der Waals surface area contributed by atoms with E-state index in [0.29, 0.717) is 43.1 Å². The van der Waals surface area contributed by atoms with Crippen molar-refractivity contribution in [2.24, 2.45) is 10.7 Å². The van der Waals surface area contributed by atoms with Gasteiger partial charge in [0.25, 0.3) is 0 Å². The number of amides is 1. The molecule has 7 rings (SSSR count). The molecule has 8 nitrogen and oxygen atoms in total. The second kappa shape index (κ2) is 9.67. The van der Waals surface area contributed by atoms with Gasteiger partial charge in [-0.15, -0.1) is 0 Å². The lowest BCUT2D eigenvalue weighted by molar-refractivity contribution is -0.132. The Labute approximate surface area is 223 Å². The number of ether oxygens (including phenoxy) is 1. The molecule has 0 saturated heterocycles. The van der Waals surface area contributed by atoms with Crippen LogP contribution in [0.1, 0.15) is 104 Å². The molecule has 0 saturated carbocycles. The minimum Gasteiger partial charge on any atom is -0.493 e. The van der Waals surface area contributed by atoms with Crippen molar-refractivity contribution in [1.82, 2.24) is 10.2 Å². The summed E-state index contributed by atoms with van der Waals surface area (Å²) in [6.45, 7) is 4.78. The maximum Gasteiger partial charge on any atom is 0.232 e. The van der Waals surface area contributed by atoms with Crippen LogP contribution in [0, 0.1) is 0 Å². The zero-order chi connectivity index (χ0) is 26.6. The molecule has 0 fully saturated rings. The van der Waals surface area contributed by atoms with E-state index in [1.807, 2.05) is 18.2 Å². The van der Waals surface area contributed by atoms with Gasteiger partial charge in [-0.05, 0) is 59.6 Å². The van der Waals surface area contributed by atoms with E-state index >= 15 is 0 Å². The second-order valence-corrected chi connectivity index (χ2v) is 11.5. The molecule has 0 radical (unpaired) electrons. The summed E-state index contributed by atoms with van der Waals surface area (Å²) in [4.78, 5) is 20.3. The predicted molar refractivity (Wildman–Crippen MR) is 145 cm³/mol. The van der Waals surface area contributed by atoms with E-state index in [9.17, 15) is 15.0 Å². The molecule has 4 aliphatic heterocycles. The third-order valence-corrected chi connectivity index (χ3v) is 9.18. The summed E-state index contributed by atoms with van der Waals surface area (Å²) >= 11 is 0. The van der Waals surface area contributed by atoms with Crippen LogP contribution in [0.4, 0.5) is 0 Å². The Kier molecular flexibility index (Phi) is 6.45. The molecule has 6 atom stereocenters. The molecule has 2 aromatic rings. The van der Waals surface area contributed by atoms with Crippen LogP contribution in [0.2, 0.25) is 0 Å². The van der Waals surface area contributed by atoms with Crippen LogP contribution in [0.5, 0.6) is 5.75 Å². The fourth-order valence-corrected chi connectivity index (χ4v) is 6.84. The maximum atomic E-state index is 13.6. The number of rotatable bonds is 1. The Balaban J connectivity index is 1.44. The third kappa shape index (κ3) is 4.28. The monoisotopic (exact) mass is 518 g/mol. The summed E-state index contributed by atoms with van der Waals surface area (Å²) in [5, 5.41) is 25.5. The van der Waals surface area contributed by atoms with E-state index in [2.05, 4.69) is 37.4 Å². The lowest BCUT2D eigenvalue weighted by atomic mass is 9.82. The summed E-state index contributed by atoms with van der Waals surface area (Å²) < 4.78 is 5.92. The lowest BCUT2D eigenvalue weighted by Crippen LogP contribution is -2.53. The van der Waals surface area contributed by atoms with Crippen LogP contribution in [0.25, 0.3) is 0 Å². The first kappa shape index (κ1) is 25.3. The van der Waals surface area contributed by atoms with Crippen LogP contribution < -0.4 is 15.8 Å². The third-order valence-electron chi connectivity index (χ3n) is 9.18. The van der Waals surface area contributed by atoms with Gasteiger partial charge in [0, 0.05) is 18.4 Å². The van der Waals surface area contributed by atoms with Crippen LogP contribution in [-0.4, -0.2) is 45.2 Å². The van der Waals surface area contributed by atoms with Crippen molar-refractivity contribution in [2.45, 2.75) is 94.7 Å². The molecule has 0 spiro atoms. The summed E-state index contributed by atoms with van der Waals surface area (Å²) in [7, 11) is 0. The molecule has 6 unspecified atom stereocenters. The molecule has 1 aliphatic carbocycles. The van der Waals surface area contributed by atoms with Crippen molar-refractivity contribution in [1.29, 1.82) is 0 Å². The molecular formula is C30H38N4O4. The van der Waals surface area contributed by atoms with Gasteiger partial charge in [0.15, 0.2) is 5.96 Å². The number of benzene rings is 2. The average molecular weight is 519 g/mol. The van der Waals surface area contributed by atoms with Gasteiger partial charge in [0.1, 0.15) is 12.0 Å². The SMILES string of the molecule is CCC12CCCC(C)c3ccc4c(c3)C(NC(O)c3ccc5c(c3)C(CCO5)N(C(=O)C1)C(N)=N2)C(O)C4. The fraction of sp³-hybridized carbons (Fsp3) is 0.533. The quantitative estimate of drug-likeness (QED) is 0.457. The highest BCUT2D eigenvalue weighted by molar-refractivity contribution is 5.99. The first-order chi connectivity index (χ1) is 18.3. The minimum atomic E-state index is -1.01. The van der Waals surface area contributed by atoms with E-state index in [1.54, 1.807) is 4.90 Å². The number of nitrogens with zero attached hydrogens (tertiary/aromatic N) is 2. The molecule has 4 heterocycles. The molecule has 202 valence electrons. The first-order valence-electron chi connectivity index (χ1n) is 14.0. The van der Waals surface area contributed by atoms with Crippen LogP contribution in [-0.2, 0) is 11.2 Å². The number of aliphatic hydroxyl groups is 2. The van der Waals surface area contributed by atoms with E-state index in [4.69, 9.17) is 15.5 Å². The van der Waals surface area contributed by atoms with Crippen LogP contribution in [0.15, 0.2) is 41.4 Å². The van der Waals surface area contributed by atoms with Crippen molar-refractivity contribution in [2.75, 3.05) is 6.61 Å². The smallest absolute Gasteiger partial charge is 0.232 e. The zero-order valence-electron chi connectivity index (χ0n) is 22.2.